The molecule has 0 atom stereocenters. The van der Waals surface area contributed by atoms with Crippen molar-refractivity contribution >= 4 is 0 Å². The zero-order valence-electron chi connectivity index (χ0n) is 11.8. The van der Waals surface area contributed by atoms with Gasteiger partial charge in [0.2, 0.25) is 0 Å². The van der Waals surface area contributed by atoms with Crippen molar-refractivity contribution in [2.24, 2.45) is 0 Å². The van der Waals surface area contributed by atoms with E-state index in [1.807, 2.05) is 18.2 Å². The molecule has 0 amide bonds. The van der Waals surface area contributed by atoms with Gasteiger partial charge < -0.3 is 10.2 Å². The number of aryl methyl sites for hydroxylation is 1. The van der Waals surface area contributed by atoms with Gasteiger partial charge in [-0.2, -0.15) is 0 Å². The van der Waals surface area contributed by atoms with Crippen LogP contribution in [0, 0.1) is 0 Å². The van der Waals surface area contributed by atoms with Gasteiger partial charge >= 0.3 is 0 Å². The molecular weight excluding hydrogens is 248 g/mol. The molecule has 0 aliphatic rings. The predicted molar refractivity (Wildman–Crippen MR) is 83.1 cm³/mol. The SMILES string of the molecule is C=CCc1cc(O)cc(-c2cc(CCC)ccc2O)c1. The van der Waals surface area contributed by atoms with Crippen LogP contribution in [0.4, 0.5) is 0 Å². The van der Waals surface area contributed by atoms with E-state index in [1.165, 1.54) is 5.56 Å². The Kier molecular flexibility index (Phi) is 4.46. The van der Waals surface area contributed by atoms with Crippen LogP contribution in [0.5, 0.6) is 11.5 Å². The van der Waals surface area contributed by atoms with Crippen LogP contribution >= 0.6 is 0 Å². The lowest BCUT2D eigenvalue weighted by Crippen LogP contribution is -1.88. The number of phenolic OH excluding ortho intramolecular Hbond substituents is 2. The molecule has 2 aromatic carbocycles. The fourth-order valence-electron chi connectivity index (χ4n) is 2.37. The summed E-state index contributed by atoms with van der Waals surface area (Å²) in [7, 11) is 0. The molecule has 0 radical (unpaired) electrons. The number of rotatable bonds is 5. The zero-order chi connectivity index (χ0) is 14.5. The summed E-state index contributed by atoms with van der Waals surface area (Å²) in [5.74, 6) is 0.444. The molecule has 104 valence electrons. The zero-order valence-corrected chi connectivity index (χ0v) is 11.8. The van der Waals surface area contributed by atoms with Crippen LogP contribution in [-0.4, -0.2) is 10.2 Å². The quantitative estimate of drug-likeness (QED) is 0.787. The van der Waals surface area contributed by atoms with Gasteiger partial charge in [0.25, 0.3) is 0 Å². The Labute approximate surface area is 120 Å². The molecule has 2 rings (SSSR count). The molecule has 0 aromatic heterocycles. The van der Waals surface area contributed by atoms with E-state index in [0.29, 0.717) is 6.42 Å². The van der Waals surface area contributed by atoms with Crippen molar-refractivity contribution in [1.82, 2.24) is 0 Å². The summed E-state index contributed by atoms with van der Waals surface area (Å²) in [6.07, 6.45) is 4.53. The highest BCUT2D eigenvalue weighted by atomic mass is 16.3. The lowest BCUT2D eigenvalue weighted by atomic mass is 9.97. The third-order valence-corrected chi connectivity index (χ3v) is 3.27. The van der Waals surface area contributed by atoms with Crippen molar-refractivity contribution in [2.75, 3.05) is 0 Å². The molecule has 0 spiro atoms. The molecular formula is C18H20O2. The molecule has 20 heavy (non-hydrogen) atoms. The molecule has 0 saturated heterocycles. The first-order chi connectivity index (χ1) is 9.63. The molecule has 0 bridgehead atoms. The van der Waals surface area contributed by atoms with Crippen LogP contribution < -0.4 is 0 Å². The second-order valence-corrected chi connectivity index (χ2v) is 4.98. The van der Waals surface area contributed by atoms with E-state index in [1.54, 1.807) is 24.3 Å². The summed E-state index contributed by atoms with van der Waals surface area (Å²) >= 11 is 0. The Bertz CT molecular complexity index is 615. The van der Waals surface area contributed by atoms with Crippen LogP contribution in [0.15, 0.2) is 49.1 Å². The molecule has 2 nitrogen and oxygen atoms in total. The summed E-state index contributed by atoms with van der Waals surface area (Å²) in [5.41, 5.74) is 3.76. The van der Waals surface area contributed by atoms with Crippen molar-refractivity contribution in [3.8, 4) is 22.6 Å². The van der Waals surface area contributed by atoms with Crippen LogP contribution in [0.1, 0.15) is 24.5 Å². The van der Waals surface area contributed by atoms with Gasteiger partial charge in [-0.1, -0.05) is 31.6 Å². The summed E-state index contributed by atoms with van der Waals surface area (Å²) in [5, 5.41) is 19.9. The molecule has 2 N–H and O–H groups in total. The molecule has 0 aliphatic carbocycles. The Morgan fingerprint density at radius 1 is 1.05 bits per heavy atom. The van der Waals surface area contributed by atoms with Crippen molar-refractivity contribution in [2.45, 2.75) is 26.2 Å². The van der Waals surface area contributed by atoms with Gasteiger partial charge in [0, 0.05) is 5.56 Å². The van der Waals surface area contributed by atoms with Crippen LogP contribution in [-0.2, 0) is 12.8 Å². The van der Waals surface area contributed by atoms with Crippen LogP contribution in [0.25, 0.3) is 11.1 Å². The summed E-state index contributed by atoms with van der Waals surface area (Å²) in [4.78, 5) is 0. The lowest BCUT2D eigenvalue weighted by molar-refractivity contribution is 0.473. The number of aromatic hydroxyl groups is 2. The molecule has 0 aliphatic heterocycles. The average Bonchev–Trinajstić information content (AvgIpc) is 2.41. The van der Waals surface area contributed by atoms with E-state index in [9.17, 15) is 10.2 Å². The minimum Gasteiger partial charge on any atom is -0.508 e. The Balaban J connectivity index is 2.49. The summed E-state index contributed by atoms with van der Waals surface area (Å²) < 4.78 is 0. The maximum absolute atomic E-state index is 10.1. The van der Waals surface area contributed by atoms with Crippen molar-refractivity contribution in [3.05, 3.63) is 60.2 Å². The maximum atomic E-state index is 10.1. The van der Waals surface area contributed by atoms with Crippen molar-refractivity contribution in [3.63, 3.8) is 0 Å². The Morgan fingerprint density at radius 3 is 2.55 bits per heavy atom. The van der Waals surface area contributed by atoms with Gasteiger partial charge in [-0.25, -0.2) is 0 Å². The highest BCUT2D eigenvalue weighted by Gasteiger charge is 2.08. The standard InChI is InChI=1S/C18H20O2/c1-3-5-13-7-8-18(20)17(11-13)15-9-14(6-4-2)10-16(19)12-15/h4,7-12,19-20H,2-3,5-6H2,1H3. The molecule has 0 saturated carbocycles. The number of allylic oxidation sites excluding steroid dienone is 1. The Morgan fingerprint density at radius 2 is 1.85 bits per heavy atom. The van der Waals surface area contributed by atoms with Crippen molar-refractivity contribution < 1.29 is 10.2 Å². The van der Waals surface area contributed by atoms with E-state index in [-0.39, 0.29) is 11.5 Å². The normalized spacial score (nSPS) is 10.4. The van der Waals surface area contributed by atoms with Gasteiger partial charge in [0.15, 0.2) is 0 Å². The van der Waals surface area contributed by atoms with Crippen LogP contribution in [0.3, 0.4) is 0 Å². The lowest BCUT2D eigenvalue weighted by Gasteiger charge is -2.10. The second-order valence-electron chi connectivity index (χ2n) is 4.98. The van der Waals surface area contributed by atoms with E-state index in [0.717, 1.165) is 29.5 Å². The first kappa shape index (κ1) is 14.2. The molecule has 0 unspecified atom stereocenters. The largest absolute Gasteiger partial charge is 0.508 e. The van der Waals surface area contributed by atoms with Gasteiger partial charge in [0.1, 0.15) is 11.5 Å². The Hall–Kier alpha value is -2.22. The number of hydrogen-bond donors (Lipinski definition) is 2. The smallest absolute Gasteiger partial charge is 0.123 e. The predicted octanol–water partition coefficient (Wildman–Crippen LogP) is 4.45. The second kappa shape index (κ2) is 6.29. The fourth-order valence-corrected chi connectivity index (χ4v) is 2.37. The third-order valence-electron chi connectivity index (χ3n) is 3.27. The summed E-state index contributed by atoms with van der Waals surface area (Å²) in [6, 6.07) is 11.0. The van der Waals surface area contributed by atoms with E-state index in [2.05, 4.69) is 13.5 Å². The topological polar surface area (TPSA) is 40.5 Å². The van der Waals surface area contributed by atoms with Gasteiger partial charge in [-0.05, 0) is 53.8 Å². The maximum Gasteiger partial charge on any atom is 0.123 e. The van der Waals surface area contributed by atoms with Crippen molar-refractivity contribution in [1.29, 1.82) is 0 Å². The molecule has 0 heterocycles. The number of hydrogen-bond acceptors (Lipinski definition) is 2. The first-order valence-electron chi connectivity index (χ1n) is 6.90. The van der Waals surface area contributed by atoms with E-state index < -0.39 is 0 Å². The average molecular weight is 268 g/mol. The fraction of sp³-hybridized carbons (Fsp3) is 0.222. The first-order valence-corrected chi connectivity index (χ1v) is 6.90. The van der Waals surface area contributed by atoms with Gasteiger partial charge in [-0.15, -0.1) is 6.58 Å². The monoisotopic (exact) mass is 268 g/mol. The van der Waals surface area contributed by atoms with Gasteiger partial charge in [-0.3, -0.25) is 0 Å². The minimum atomic E-state index is 0.208. The molecule has 2 heteroatoms. The third kappa shape index (κ3) is 3.21. The van der Waals surface area contributed by atoms with E-state index >= 15 is 0 Å². The summed E-state index contributed by atoms with van der Waals surface area (Å²) in [6.45, 7) is 5.84. The highest BCUT2D eigenvalue weighted by molar-refractivity contribution is 5.72. The highest BCUT2D eigenvalue weighted by Crippen LogP contribution is 2.33. The molecule has 0 fully saturated rings. The van der Waals surface area contributed by atoms with E-state index in [4.69, 9.17) is 0 Å². The number of benzene rings is 2. The van der Waals surface area contributed by atoms with Crippen LogP contribution in [0.2, 0.25) is 0 Å². The number of phenols is 2. The molecule has 2 aromatic rings. The minimum absolute atomic E-state index is 0.208. The van der Waals surface area contributed by atoms with Gasteiger partial charge in [0.05, 0.1) is 0 Å².